The molecular weight excluding hydrogens is 378 g/mol. The lowest BCUT2D eigenvalue weighted by Gasteiger charge is -2.32. The van der Waals surface area contributed by atoms with Crippen molar-refractivity contribution in [1.29, 1.82) is 0 Å². The molecule has 4 rings (SSSR count). The number of fused-ring (bicyclic) bond motifs is 1. The fourth-order valence-corrected chi connectivity index (χ4v) is 3.64. The highest BCUT2D eigenvalue weighted by molar-refractivity contribution is 6.05. The molecule has 30 heavy (non-hydrogen) atoms. The van der Waals surface area contributed by atoms with Gasteiger partial charge in [-0.25, -0.2) is 0 Å². The van der Waals surface area contributed by atoms with Gasteiger partial charge in [0.25, 0.3) is 11.8 Å². The quantitative estimate of drug-likeness (QED) is 0.666. The number of ether oxygens (including phenoxy) is 1. The van der Waals surface area contributed by atoms with Crippen LogP contribution in [0, 0.1) is 6.92 Å². The number of aryl methyl sites for hydroxylation is 1. The van der Waals surface area contributed by atoms with Gasteiger partial charge < -0.3 is 10.1 Å². The van der Waals surface area contributed by atoms with Crippen molar-refractivity contribution in [3.05, 3.63) is 84.2 Å². The number of nitrogens with one attached hydrogen (secondary N) is 1. The van der Waals surface area contributed by atoms with Crippen molar-refractivity contribution < 1.29 is 18.9 Å². The van der Waals surface area contributed by atoms with Gasteiger partial charge in [0.2, 0.25) is 18.3 Å². The maximum atomic E-state index is 13.4. The number of hydrogen-bond acceptors (Lipinski definition) is 3. The lowest BCUT2D eigenvalue weighted by atomic mass is 10.0. The molecule has 0 bridgehead atoms. The summed E-state index contributed by atoms with van der Waals surface area (Å²) < 4.78 is 7.29. The van der Waals surface area contributed by atoms with Crippen molar-refractivity contribution in [3.63, 3.8) is 0 Å². The van der Waals surface area contributed by atoms with Crippen LogP contribution in [0.1, 0.15) is 24.2 Å². The highest BCUT2D eigenvalue weighted by Gasteiger charge is 2.43. The largest absolute Gasteiger partial charge is 0.494 e. The molecule has 0 saturated carbocycles. The minimum atomic E-state index is -0.776. The van der Waals surface area contributed by atoms with Crippen molar-refractivity contribution in [2.45, 2.75) is 26.4 Å². The minimum Gasteiger partial charge on any atom is -0.494 e. The number of aromatic nitrogens is 1. The Kier molecular flexibility index (Phi) is 5.48. The smallest absolute Gasteiger partial charge is 0.294 e. The molecule has 3 aromatic rings. The van der Waals surface area contributed by atoms with Crippen LogP contribution in [0.15, 0.2) is 72.9 Å². The summed E-state index contributed by atoms with van der Waals surface area (Å²) in [5.74, 6) is 0.340. The van der Waals surface area contributed by atoms with Crippen LogP contribution in [-0.4, -0.2) is 18.4 Å². The van der Waals surface area contributed by atoms with E-state index in [1.54, 1.807) is 17.0 Å². The van der Waals surface area contributed by atoms with Crippen LogP contribution in [0.5, 0.6) is 5.75 Å². The van der Waals surface area contributed by atoms with Crippen molar-refractivity contribution in [2.75, 3.05) is 16.8 Å². The fraction of sp³-hybridized carbons (Fsp3) is 0.208. The van der Waals surface area contributed by atoms with E-state index in [2.05, 4.69) is 5.32 Å². The number of pyridine rings is 1. The van der Waals surface area contributed by atoms with Crippen LogP contribution < -0.4 is 19.5 Å². The first-order valence-electron chi connectivity index (χ1n) is 9.97. The molecule has 0 aliphatic carbocycles. The van der Waals surface area contributed by atoms with Crippen molar-refractivity contribution in [3.8, 4) is 5.75 Å². The van der Waals surface area contributed by atoms with Crippen molar-refractivity contribution in [2.24, 2.45) is 0 Å². The monoisotopic (exact) mass is 402 g/mol. The number of nitrogens with zero attached hydrogens (tertiary/aromatic N) is 2. The van der Waals surface area contributed by atoms with E-state index in [-0.39, 0.29) is 18.4 Å². The summed E-state index contributed by atoms with van der Waals surface area (Å²) in [7, 11) is 0. The number of anilines is 2. The molecule has 1 N–H and O–H groups in total. The van der Waals surface area contributed by atoms with E-state index < -0.39 is 6.04 Å². The summed E-state index contributed by atoms with van der Waals surface area (Å²) in [5, 5.41) is 2.95. The maximum absolute atomic E-state index is 13.4. The van der Waals surface area contributed by atoms with Gasteiger partial charge in [-0.15, -0.1) is 0 Å². The second-order valence-corrected chi connectivity index (χ2v) is 7.20. The molecule has 2 aromatic carbocycles. The number of amides is 2. The molecule has 1 aromatic heterocycles. The third-order valence-electron chi connectivity index (χ3n) is 5.08. The third-order valence-corrected chi connectivity index (χ3v) is 5.08. The Bertz CT molecular complexity index is 1060. The molecule has 152 valence electrons. The average molecular weight is 402 g/mol. The van der Waals surface area contributed by atoms with Gasteiger partial charge in [0, 0.05) is 23.5 Å². The molecule has 2 heterocycles. The fourth-order valence-electron chi connectivity index (χ4n) is 3.64. The lowest BCUT2D eigenvalue weighted by Crippen LogP contribution is -2.58. The third kappa shape index (κ3) is 3.89. The molecule has 0 radical (unpaired) electrons. The van der Waals surface area contributed by atoms with Gasteiger partial charge in [-0.05, 0) is 50.2 Å². The highest BCUT2D eigenvalue weighted by Crippen LogP contribution is 2.30. The summed E-state index contributed by atoms with van der Waals surface area (Å²) in [6, 6.07) is 19.7. The molecular formula is C24H24N3O3+. The molecule has 2 amide bonds. The predicted octanol–water partition coefficient (Wildman–Crippen LogP) is 3.41. The van der Waals surface area contributed by atoms with Crippen LogP contribution in [0.3, 0.4) is 0 Å². The number of rotatable bonds is 5. The highest BCUT2D eigenvalue weighted by atomic mass is 16.5. The van der Waals surface area contributed by atoms with E-state index >= 15 is 0 Å². The van der Waals surface area contributed by atoms with Gasteiger partial charge in [0.05, 0.1) is 6.61 Å². The number of hydrogen-bond donors (Lipinski definition) is 1. The summed E-state index contributed by atoms with van der Waals surface area (Å²) in [5.41, 5.74) is 3.20. The van der Waals surface area contributed by atoms with E-state index in [1.165, 1.54) is 0 Å². The molecule has 6 heteroatoms. The van der Waals surface area contributed by atoms with Gasteiger partial charge in [-0.3, -0.25) is 14.5 Å². The Morgan fingerprint density at radius 3 is 2.53 bits per heavy atom. The molecule has 6 nitrogen and oxygen atoms in total. The summed E-state index contributed by atoms with van der Waals surface area (Å²) in [4.78, 5) is 28.0. The Morgan fingerprint density at radius 1 is 1.10 bits per heavy atom. The topological polar surface area (TPSA) is 62.5 Å². The number of carbonyl (C=O) groups is 2. The predicted molar refractivity (Wildman–Crippen MR) is 114 cm³/mol. The summed E-state index contributed by atoms with van der Waals surface area (Å²) in [6.45, 7) is 4.68. The summed E-state index contributed by atoms with van der Waals surface area (Å²) in [6.07, 6.45) is 1.83. The van der Waals surface area contributed by atoms with Crippen LogP contribution in [-0.2, 0) is 16.1 Å². The minimum absolute atomic E-state index is 0.130. The van der Waals surface area contributed by atoms with Gasteiger partial charge >= 0.3 is 0 Å². The lowest BCUT2D eigenvalue weighted by molar-refractivity contribution is -0.695. The van der Waals surface area contributed by atoms with E-state index in [0.717, 1.165) is 17.0 Å². The standard InChI is InChI=1S/C24H23N3O3/c1-3-30-20-13-9-18(10-14-20)25-24(29)23-21-6-4-5-15-26(21)16-22(28)27(23)19-11-7-17(2)8-12-19/h4-15,23H,3,16H2,1-2H3/p+1/t23-/m1/s1. The molecule has 1 aliphatic heterocycles. The average Bonchev–Trinajstić information content (AvgIpc) is 2.75. The van der Waals surface area contributed by atoms with Crippen molar-refractivity contribution in [1.82, 2.24) is 0 Å². The first-order valence-corrected chi connectivity index (χ1v) is 9.97. The Hall–Kier alpha value is -3.67. The van der Waals surface area contributed by atoms with E-state index in [1.807, 2.05) is 79.2 Å². The Labute approximate surface area is 175 Å². The SMILES string of the molecule is CCOc1ccc(NC(=O)[C@H]2c3cccc[n+]3CC(=O)N2c2ccc(C)cc2)cc1. The second kappa shape index (κ2) is 8.37. The second-order valence-electron chi connectivity index (χ2n) is 7.20. The molecule has 0 saturated heterocycles. The van der Waals surface area contributed by atoms with E-state index in [9.17, 15) is 9.59 Å². The Balaban J connectivity index is 1.69. The van der Waals surface area contributed by atoms with Crippen LogP contribution >= 0.6 is 0 Å². The normalized spacial score (nSPS) is 15.5. The molecule has 0 spiro atoms. The molecule has 1 aliphatic rings. The maximum Gasteiger partial charge on any atom is 0.294 e. The van der Waals surface area contributed by atoms with Gasteiger partial charge in [-0.1, -0.05) is 23.8 Å². The molecule has 0 fully saturated rings. The molecule has 0 unspecified atom stereocenters. The van der Waals surface area contributed by atoms with E-state index in [4.69, 9.17) is 4.74 Å². The van der Waals surface area contributed by atoms with Crippen LogP contribution in [0.2, 0.25) is 0 Å². The van der Waals surface area contributed by atoms with E-state index in [0.29, 0.717) is 18.0 Å². The number of benzene rings is 2. The number of carbonyl (C=O) groups excluding carboxylic acids is 2. The van der Waals surface area contributed by atoms with Gasteiger partial charge in [-0.2, -0.15) is 4.57 Å². The van der Waals surface area contributed by atoms with Crippen LogP contribution in [0.4, 0.5) is 11.4 Å². The zero-order valence-electron chi connectivity index (χ0n) is 17.0. The van der Waals surface area contributed by atoms with Crippen molar-refractivity contribution >= 4 is 23.2 Å². The zero-order valence-corrected chi connectivity index (χ0v) is 17.0. The van der Waals surface area contributed by atoms with Gasteiger partial charge in [0.1, 0.15) is 5.75 Å². The van der Waals surface area contributed by atoms with Crippen LogP contribution in [0.25, 0.3) is 0 Å². The zero-order chi connectivity index (χ0) is 21.1. The first kappa shape index (κ1) is 19.6. The first-order chi connectivity index (χ1) is 14.6. The Morgan fingerprint density at radius 2 is 1.83 bits per heavy atom. The molecule has 1 atom stereocenters. The van der Waals surface area contributed by atoms with Gasteiger partial charge in [0.15, 0.2) is 6.20 Å². The summed E-state index contributed by atoms with van der Waals surface area (Å²) >= 11 is 0.